The molecule has 1 aliphatic heterocycles. The van der Waals surface area contributed by atoms with Crippen LogP contribution >= 0.6 is 0 Å². The molecule has 0 unspecified atom stereocenters. The highest BCUT2D eigenvalue weighted by Crippen LogP contribution is 2.36. The molecule has 1 saturated heterocycles. The van der Waals surface area contributed by atoms with Crippen LogP contribution in [-0.2, 0) is 15.9 Å². The molecule has 1 fully saturated rings. The average Bonchev–Trinajstić information content (AvgIpc) is 2.51. The van der Waals surface area contributed by atoms with Crippen molar-refractivity contribution in [3.8, 4) is 0 Å². The Balaban J connectivity index is 2.35. The summed E-state index contributed by atoms with van der Waals surface area (Å²) in [6.07, 6.45) is 1.65. The van der Waals surface area contributed by atoms with E-state index in [4.69, 9.17) is 15.0 Å². The lowest BCUT2D eigenvalue weighted by Crippen LogP contribution is -2.41. The van der Waals surface area contributed by atoms with Crippen LogP contribution in [0.4, 0.5) is 5.69 Å². The van der Waals surface area contributed by atoms with E-state index in [2.05, 4.69) is 10.3 Å². The van der Waals surface area contributed by atoms with E-state index < -0.39 is 7.12 Å². The normalized spacial score (nSPS) is 20.8. The summed E-state index contributed by atoms with van der Waals surface area (Å²) in [5.41, 5.74) is 7.52. The van der Waals surface area contributed by atoms with Crippen molar-refractivity contribution in [3.63, 3.8) is 0 Å². The molecule has 3 N–H and O–H groups in total. The highest BCUT2D eigenvalue weighted by Gasteiger charge is 2.52. The Morgan fingerprint density at radius 1 is 1.26 bits per heavy atom. The monoisotopic (exact) mass is 263 g/mol. The van der Waals surface area contributed by atoms with Crippen LogP contribution in [0.3, 0.4) is 0 Å². The molecule has 6 heteroatoms. The summed E-state index contributed by atoms with van der Waals surface area (Å²) in [5.74, 6) is 0. The third-order valence-corrected chi connectivity index (χ3v) is 3.88. The number of nitrogens with one attached hydrogen (secondary N) is 1. The van der Waals surface area contributed by atoms with Gasteiger partial charge in [-0.2, -0.15) is 0 Å². The number of aromatic nitrogens is 1. The molecule has 2 rings (SSSR count). The molecule has 0 atom stereocenters. The molecule has 0 spiro atoms. The molecule has 0 bridgehead atoms. The van der Waals surface area contributed by atoms with Crippen LogP contribution in [0.25, 0.3) is 0 Å². The summed E-state index contributed by atoms with van der Waals surface area (Å²) >= 11 is 0. The smallest absolute Gasteiger partial charge is 0.399 e. The van der Waals surface area contributed by atoms with E-state index in [0.29, 0.717) is 12.2 Å². The lowest BCUT2D eigenvalue weighted by atomic mass is 9.77. The van der Waals surface area contributed by atoms with Crippen LogP contribution in [0.15, 0.2) is 12.3 Å². The standard InChI is InChI=1S/C13H22BN3O2/c1-12(2)13(3,4)19-14(18-12)10-6-9(15)7-17-11(10)8-16-5/h6-7,16H,8,15H2,1-5H3. The first kappa shape index (κ1) is 14.3. The van der Waals surface area contributed by atoms with Crippen molar-refractivity contribution >= 4 is 18.3 Å². The molecular weight excluding hydrogens is 241 g/mol. The van der Waals surface area contributed by atoms with Gasteiger partial charge in [-0.1, -0.05) is 0 Å². The molecule has 1 aromatic rings. The number of rotatable bonds is 3. The van der Waals surface area contributed by atoms with Gasteiger partial charge in [0.1, 0.15) is 0 Å². The second kappa shape index (κ2) is 4.78. The van der Waals surface area contributed by atoms with Gasteiger partial charge >= 0.3 is 7.12 Å². The van der Waals surface area contributed by atoms with Crippen LogP contribution in [-0.4, -0.2) is 30.4 Å². The van der Waals surface area contributed by atoms with E-state index in [0.717, 1.165) is 11.2 Å². The first-order chi connectivity index (χ1) is 8.77. The van der Waals surface area contributed by atoms with E-state index in [1.807, 2.05) is 40.8 Å². The van der Waals surface area contributed by atoms with Crippen LogP contribution in [0.1, 0.15) is 33.4 Å². The first-order valence-corrected chi connectivity index (χ1v) is 6.51. The maximum absolute atomic E-state index is 6.05. The highest BCUT2D eigenvalue weighted by molar-refractivity contribution is 6.62. The minimum atomic E-state index is -0.427. The molecule has 0 amide bonds. The van der Waals surface area contributed by atoms with Gasteiger partial charge in [-0.3, -0.25) is 4.98 Å². The molecule has 19 heavy (non-hydrogen) atoms. The summed E-state index contributed by atoms with van der Waals surface area (Å²) in [5, 5.41) is 3.09. The van der Waals surface area contributed by atoms with Crippen molar-refractivity contribution in [3.05, 3.63) is 18.0 Å². The van der Waals surface area contributed by atoms with Crippen molar-refractivity contribution < 1.29 is 9.31 Å². The van der Waals surface area contributed by atoms with Gasteiger partial charge < -0.3 is 20.4 Å². The minimum absolute atomic E-state index is 0.362. The Morgan fingerprint density at radius 3 is 2.37 bits per heavy atom. The molecule has 2 heterocycles. The Labute approximate surface area is 115 Å². The van der Waals surface area contributed by atoms with Gasteiger partial charge in [0.15, 0.2) is 0 Å². The molecule has 5 nitrogen and oxygen atoms in total. The lowest BCUT2D eigenvalue weighted by molar-refractivity contribution is 0.00578. The van der Waals surface area contributed by atoms with Crippen molar-refractivity contribution in [2.45, 2.75) is 45.4 Å². The lowest BCUT2D eigenvalue weighted by Gasteiger charge is -2.32. The molecular formula is C13H22BN3O2. The van der Waals surface area contributed by atoms with Crippen LogP contribution in [0.2, 0.25) is 0 Å². The molecule has 104 valence electrons. The summed E-state index contributed by atoms with van der Waals surface area (Å²) in [4.78, 5) is 4.36. The largest absolute Gasteiger partial charge is 0.496 e. The SMILES string of the molecule is CNCc1ncc(N)cc1B1OC(C)(C)C(C)(C)O1. The number of nitrogens with zero attached hydrogens (tertiary/aromatic N) is 1. The maximum Gasteiger partial charge on any atom is 0.496 e. The topological polar surface area (TPSA) is 69.4 Å². The van der Waals surface area contributed by atoms with Gasteiger partial charge in [0.2, 0.25) is 0 Å². The zero-order valence-corrected chi connectivity index (χ0v) is 12.3. The zero-order chi connectivity index (χ0) is 14.3. The van der Waals surface area contributed by atoms with Crippen LogP contribution < -0.4 is 16.5 Å². The average molecular weight is 263 g/mol. The second-order valence-corrected chi connectivity index (χ2v) is 5.92. The van der Waals surface area contributed by atoms with Crippen molar-refractivity contribution in [1.29, 1.82) is 0 Å². The summed E-state index contributed by atoms with van der Waals surface area (Å²) in [6.45, 7) is 8.78. The molecule has 0 aromatic carbocycles. The van der Waals surface area contributed by atoms with E-state index >= 15 is 0 Å². The molecule has 1 aliphatic rings. The fraction of sp³-hybridized carbons (Fsp3) is 0.615. The molecule has 1 aromatic heterocycles. The number of nitrogen functional groups attached to an aromatic ring is 1. The van der Waals surface area contributed by atoms with E-state index in [1.165, 1.54) is 0 Å². The number of nitrogens with two attached hydrogens (primary N) is 1. The number of pyridine rings is 1. The fourth-order valence-electron chi connectivity index (χ4n) is 2.02. The maximum atomic E-state index is 6.05. The van der Waals surface area contributed by atoms with Gasteiger partial charge in [-0.15, -0.1) is 0 Å². The number of hydrogen-bond donors (Lipinski definition) is 2. The predicted octanol–water partition coefficient (Wildman–Crippen LogP) is 0.682. The second-order valence-electron chi connectivity index (χ2n) is 5.92. The van der Waals surface area contributed by atoms with E-state index in [-0.39, 0.29) is 11.2 Å². The highest BCUT2D eigenvalue weighted by atomic mass is 16.7. The third-order valence-electron chi connectivity index (χ3n) is 3.88. The zero-order valence-electron chi connectivity index (χ0n) is 12.3. The third kappa shape index (κ3) is 2.61. The Bertz CT molecular complexity index is 461. The van der Waals surface area contributed by atoms with Gasteiger partial charge in [-0.05, 0) is 40.8 Å². The Kier molecular flexibility index (Phi) is 3.60. The van der Waals surface area contributed by atoms with Crippen LogP contribution in [0, 0.1) is 0 Å². The Hall–Kier alpha value is -1.11. The quantitative estimate of drug-likeness (QED) is 0.785. The number of hydrogen-bond acceptors (Lipinski definition) is 5. The molecule has 0 aliphatic carbocycles. The summed E-state index contributed by atoms with van der Waals surface area (Å²) < 4.78 is 12.1. The minimum Gasteiger partial charge on any atom is -0.399 e. The van der Waals surface area contributed by atoms with Gasteiger partial charge in [0.05, 0.1) is 23.1 Å². The Morgan fingerprint density at radius 2 is 1.84 bits per heavy atom. The van der Waals surface area contributed by atoms with Crippen molar-refractivity contribution in [2.24, 2.45) is 0 Å². The van der Waals surface area contributed by atoms with Crippen molar-refractivity contribution in [1.82, 2.24) is 10.3 Å². The summed E-state index contributed by atoms with van der Waals surface area (Å²) in [6, 6.07) is 1.88. The summed E-state index contributed by atoms with van der Waals surface area (Å²) in [7, 11) is 1.45. The van der Waals surface area contributed by atoms with E-state index in [1.54, 1.807) is 6.20 Å². The molecule has 0 saturated carbocycles. The first-order valence-electron chi connectivity index (χ1n) is 6.51. The number of anilines is 1. The van der Waals surface area contributed by atoms with Gasteiger partial charge in [0.25, 0.3) is 0 Å². The van der Waals surface area contributed by atoms with E-state index in [9.17, 15) is 0 Å². The van der Waals surface area contributed by atoms with Crippen LogP contribution in [0.5, 0.6) is 0 Å². The fourth-order valence-corrected chi connectivity index (χ4v) is 2.02. The predicted molar refractivity (Wildman–Crippen MR) is 77.1 cm³/mol. The van der Waals surface area contributed by atoms with Gasteiger partial charge in [0, 0.05) is 17.7 Å². The molecule has 0 radical (unpaired) electrons. The van der Waals surface area contributed by atoms with Crippen molar-refractivity contribution in [2.75, 3.05) is 12.8 Å². The van der Waals surface area contributed by atoms with Gasteiger partial charge in [-0.25, -0.2) is 0 Å².